The zero-order valence-electron chi connectivity index (χ0n) is 9.63. The Hall–Kier alpha value is -0.0800. The smallest absolute Gasteiger partial charge is 0.0195 e. The summed E-state index contributed by atoms with van der Waals surface area (Å²) < 4.78 is 0. The highest BCUT2D eigenvalue weighted by molar-refractivity contribution is 4.88. The maximum atomic E-state index is 3.60. The van der Waals surface area contributed by atoms with E-state index in [1.54, 1.807) is 0 Å². The van der Waals surface area contributed by atoms with Crippen LogP contribution < -0.4 is 5.32 Å². The summed E-state index contributed by atoms with van der Waals surface area (Å²) >= 11 is 0. The van der Waals surface area contributed by atoms with Gasteiger partial charge in [-0.1, -0.05) is 13.8 Å². The van der Waals surface area contributed by atoms with Gasteiger partial charge in [-0.25, -0.2) is 0 Å². The van der Waals surface area contributed by atoms with Gasteiger partial charge in [0.25, 0.3) is 0 Å². The van der Waals surface area contributed by atoms with Crippen molar-refractivity contribution >= 4 is 0 Å². The van der Waals surface area contributed by atoms with Gasteiger partial charge in [0, 0.05) is 25.2 Å². The lowest BCUT2D eigenvalue weighted by molar-refractivity contribution is 0.215. The fourth-order valence-corrected chi connectivity index (χ4v) is 2.48. The lowest BCUT2D eigenvalue weighted by Crippen LogP contribution is -2.40. The minimum Gasteiger partial charge on any atom is -0.313 e. The molecule has 1 aliphatic heterocycles. The van der Waals surface area contributed by atoms with Crippen molar-refractivity contribution in [2.24, 2.45) is 5.92 Å². The van der Waals surface area contributed by atoms with E-state index in [-0.39, 0.29) is 0 Å². The third kappa shape index (κ3) is 2.96. The van der Waals surface area contributed by atoms with Crippen LogP contribution in [0.1, 0.15) is 39.5 Å². The van der Waals surface area contributed by atoms with Crippen molar-refractivity contribution in [1.82, 2.24) is 10.2 Å². The first-order valence-corrected chi connectivity index (χ1v) is 6.23. The molecule has 0 aromatic rings. The van der Waals surface area contributed by atoms with E-state index in [0.717, 1.165) is 18.0 Å². The van der Waals surface area contributed by atoms with Crippen LogP contribution in [0.15, 0.2) is 0 Å². The molecule has 1 aliphatic carbocycles. The first kappa shape index (κ1) is 10.4. The van der Waals surface area contributed by atoms with Gasteiger partial charge < -0.3 is 5.32 Å². The minimum atomic E-state index is 0.786. The van der Waals surface area contributed by atoms with Gasteiger partial charge in [-0.15, -0.1) is 0 Å². The highest BCUT2D eigenvalue weighted by atomic mass is 15.2. The molecule has 82 valence electrons. The van der Waals surface area contributed by atoms with Crippen molar-refractivity contribution in [3.63, 3.8) is 0 Å². The molecule has 1 atom stereocenters. The van der Waals surface area contributed by atoms with Gasteiger partial charge in [0.15, 0.2) is 0 Å². The first-order valence-electron chi connectivity index (χ1n) is 6.23. The summed E-state index contributed by atoms with van der Waals surface area (Å²) in [5.41, 5.74) is 0. The van der Waals surface area contributed by atoms with Gasteiger partial charge in [0.2, 0.25) is 0 Å². The fraction of sp³-hybridized carbons (Fsp3) is 1.00. The molecule has 1 saturated carbocycles. The van der Waals surface area contributed by atoms with Crippen LogP contribution in [0.5, 0.6) is 0 Å². The lowest BCUT2D eigenvalue weighted by atomic mass is 10.1. The summed E-state index contributed by atoms with van der Waals surface area (Å²) in [7, 11) is 0. The predicted octanol–water partition coefficient (Wildman–Crippen LogP) is 1.86. The Bertz CT molecular complexity index is 169. The highest BCUT2D eigenvalue weighted by Crippen LogP contribution is 2.28. The second kappa shape index (κ2) is 4.63. The first-order chi connectivity index (χ1) is 6.75. The molecule has 0 bridgehead atoms. The standard InChI is InChI=1S/C12H24N2/c1-10(2)8-14(12-5-6-12)9-11-4-3-7-13-11/h10-13H,3-9H2,1-2H3/t11-/m1/s1. The summed E-state index contributed by atoms with van der Waals surface area (Å²) in [5, 5.41) is 3.60. The SMILES string of the molecule is CC(C)CN(C[C@H]1CCCN1)C1CC1. The molecule has 2 fully saturated rings. The average Bonchev–Trinajstić information content (AvgIpc) is 2.85. The average molecular weight is 196 g/mol. The Morgan fingerprint density at radius 1 is 1.29 bits per heavy atom. The van der Waals surface area contributed by atoms with Gasteiger partial charge in [0.05, 0.1) is 0 Å². The number of hydrogen-bond acceptors (Lipinski definition) is 2. The molecule has 0 spiro atoms. The maximum absolute atomic E-state index is 3.60. The topological polar surface area (TPSA) is 15.3 Å². The van der Waals surface area contributed by atoms with Crippen LogP contribution in [-0.2, 0) is 0 Å². The minimum absolute atomic E-state index is 0.786. The van der Waals surface area contributed by atoms with Gasteiger partial charge in [-0.05, 0) is 38.1 Å². The van der Waals surface area contributed by atoms with Crippen molar-refractivity contribution < 1.29 is 0 Å². The molecule has 2 aliphatic rings. The zero-order valence-corrected chi connectivity index (χ0v) is 9.63. The molecule has 2 heteroatoms. The predicted molar refractivity (Wildman–Crippen MR) is 60.5 cm³/mol. The molecular weight excluding hydrogens is 172 g/mol. The van der Waals surface area contributed by atoms with Gasteiger partial charge in [0.1, 0.15) is 0 Å². The summed E-state index contributed by atoms with van der Waals surface area (Å²) in [4.78, 5) is 2.72. The number of nitrogens with one attached hydrogen (secondary N) is 1. The van der Waals surface area contributed by atoms with E-state index in [9.17, 15) is 0 Å². The second-order valence-electron chi connectivity index (χ2n) is 5.37. The number of nitrogens with zero attached hydrogens (tertiary/aromatic N) is 1. The molecule has 0 radical (unpaired) electrons. The Balaban J connectivity index is 1.77. The van der Waals surface area contributed by atoms with Crippen LogP contribution in [0.4, 0.5) is 0 Å². The van der Waals surface area contributed by atoms with Crippen LogP contribution in [0, 0.1) is 5.92 Å². The van der Waals surface area contributed by atoms with Crippen molar-refractivity contribution in [2.75, 3.05) is 19.6 Å². The maximum Gasteiger partial charge on any atom is 0.0195 e. The number of rotatable bonds is 5. The molecule has 0 amide bonds. The van der Waals surface area contributed by atoms with Crippen molar-refractivity contribution in [3.8, 4) is 0 Å². The van der Waals surface area contributed by atoms with E-state index in [1.165, 1.54) is 45.3 Å². The Morgan fingerprint density at radius 3 is 2.57 bits per heavy atom. The molecule has 2 rings (SSSR count). The van der Waals surface area contributed by atoms with E-state index in [1.807, 2.05) is 0 Å². The quantitative estimate of drug-likeness (QED) is 0.722. The van der Waals surface area contributed by atoms with Crippen molar-refractivity contribution in [2.45, 2.75) is 51.6 Å². The molecule has 1 N–H and O–H groups in total. The zero-order chi connectivity index (χ0) is 9.97. The Labute approximate surface area is 88.1 Å². The summed E-state index contributed by atoms with van der Waals surface area (Å²) in [5.74, 6) is 0.817. The summed E-state index contributed by atoms with van der Waals surface area (Å²) in [6, 6.07) is 1.72. The normalized spacial score (nSPS) is 27.9. The fourth-order valence-electron chi connectivity index (χ4n) is 2.48. The van der Waals surface area contributed by atoms with E-state index in [0.29, 0.717) is 0 Å². The third-order valence-electron chi connectivity index (χ3n) is 3.28. The molecule has 0 aromatic carbocycles. The van der Waals surface area contributed by atoms with Crippen LogP contribution in [-0.4, -0.2) is 36.6 Å². The van der Waals surface area contributed by atoms with E-state index in [4.69, 9.17) is 0 Å². The monoisotopic (exact) mass is 196 g/mol. The van der Waals surface area contributed by atoms with E-state index < -0.39 is 0 Å². The van der Waals surface area contributed by atoms with Crippen LogP contribution in [0.2, 0.25) is 0 Å². The molecule has 1 saturated heterocycles. The Kier molecular flexibility index (Phi) is 3.45. The number of hydrogen-bond donors (Lipinski definition) is 1. The lowest BCUT2D eigenvalue weighted by Gasteiger charge is -2.27. The van der Waals surface area contributed by atoms with Crippen LogP contribution in [0.25, 0.3) is 0 Å². The van der Waals surface area contributed by atoms with Gasteiger partial charge in [-0.3, -0.25) is 4.90 Å². The molecule has 14 heavy (non-hydrogen) atoms. The van der Waals surface area contributed by atoms with Crippen molar-refractivity contribution in [3.05, 3.63) is 0 Å². The molecule has 0 unspecified atom stereocenters. The summed E-state index contributed by atoms with van der Waals surface area (Å²) in [6.45, 7) is 8.49. The van der Waals surface area contributed by atoms with E-state index >= 15 is 0 Å². The molecular formula is C12H24N2. The molecule has 1 heterocycles. The highest BCUT2D eigenvalue weighted by Gasteiger charge is 2.31. The molecule has 0 aromatic heterocycles. The Morgan fingerprint density at radius 2 is 2.07 bits per heavy atom. The molecule has 2 nitrogen and oxygen atoms in total. The van der Waals surface area contributed by atoms with Gasteiger partial charge >= 0.3 is 0 Å². The van der Waals surface area contributed by atoms with Crippen molar-refractivity contribution in [1.29, 1.82) is 0 Å². The van der Waals surface area contributed by atoms with E-state index in [2.05, 4.69) is 24.1 Å². The second-order valence-corrected chi connectivity index (χ2v) is 5.37. The van der Waals surface area contributed by atoms with Gasteiger partial charge in [-0.2, -0.15) is 0 Å². The largest absolute Gasteiger partial charge is 0.313 e. The summed E-state index contributed by atoms with van der Waals surface area (Å²) in [6.07, 6.45) is 5.66. The van der Waals surface area contributed by atoms with Crippen LogP contribution >= 0.6 is 0 Å². The third-order valence-corrected chi connectivity index (χ3v) is 3.28. The van der Waals surface area contributed by atoms with Crippen LogP contribution in [0.3, 0.4) is 0 Å².